The Kier molecular flexibility index (Phi) is 8.39. The van der Waals surface area contributed by atoms with Crippen LogP contribution in [0, 0.1) is 11.6 Å². The van der Waals surface area contributed by atoms with Gasteiger partial charge in [0, 0.05) is 44.7 Å². The largest absolute Gasteiger partial charge is 0.484 e. The fourth-order valence-electron chi connectivity index (χ4n) is 4.23. The van der Waals surface area contributed by atoms with Gasteiger partial charge in [0.1, 0.15) is 23.5 Å². The maximum absolute atomic E-state index is 13.3. The minimum absolute atomic E-state index is 0.0577. The predicted octanol–water partition coefficient (Wildman–Crippen LogP) is 5.37. The maximum atomic E-state index is 13.3. The number of nitrogens with zero attached hydrogens (tertiary/aromatic N) is 2. The molecule has 1 fully saturated rings. The molecule has 0 saturated carbocycles. The lowest BCUT2D eigenvalue weighted by molar-refractivity contribution is 0.0814. The molecule has 1 aliphatic heterocycles. The van der Waals surface area contributed by atoms with Gasteiger partial charge in [-0.1, -0.05) is 30.3 Å². The topological polar surface area (TPSA) is 32.8 Å². The van der Waals surface area contributed by atoms with Crippen molar-refractivity contribution in [2.75, 3.05) is 39.3 Å². The summed E-state index contributed by atoms with van der Waals surface area (Å²) in [5, 5.41) is 0. The Morgan fingerprint density at radius 3 is 2.03 bits per heavy atom. The number of hydrogen-bond acceptors (Lipinski definition) is 4. The highest BCUT2D eigenvalue weighted by molar-refractivity contribution is 5.95. The van der Waals surface area contributed by atoms with Crippen LogP contribution in [0.2, 0.25) is 0 Å². The van der Waals surface area contributed by atoms with Crippen molar-refractivity contribution in [2.45, 2.75) is 18.9 Å². The summed E-state index contributed by atoms with van der Waals surface area (Å²) in [6.45, 7) is 5.32. The Bertz CT molecular complexity index is 1030. The normalized spacial score (nSPS) is 15.7. The second kappa shape index (κ2) is 11.9. The van der Waals surface area contributed by atoms with Crippen LogP contribution in [-0.2, 0) is 0 Å². The second-order valence-corrected chi connectivity index (χ2v) is 8.65. The Morgan fingerprint density at radius 2 is 1.38 bits per heavy atom. The van der Waals surface area contributed by atoms with Crippen LogP contribution in [0.4, 0.5) is 8.78 Å². The smallest absolute Gasteiger partial charge is 0.162 e. The molecule has 3 aromatic carbocycles. The summed E-state index contributed by atoms with van der Waals surface area (Å²) in [7, 11) is 0. The van der Waals surface area contributed by atoms with Gasteiger partial charge in [0.05, 0.1) is 0 Å². The van der Waals surface area contributed by atoms with E-state index in [4.69, 9.17) is 4.74 Å². The Balaban J connectivity index is 1.25. The average Bonchev–Trinajstić information content (AvgIpc) is 2.87. The van der Waals surface area contributed by atoms with Crippen molar-refractivity contribution in [3.05, 3.63) is 102 Å². The molecule has 3 aromatic rings. The zero-order valence-electron chi connectivity index (χ0n) is 19.2. The molecule has 0 spiro atoms. The lowest BCUT2D eigenvalue weighted by Gasteiger charge is -2.36. The summed E-state index contributed by atoms with van der Waals surface area (Å²) in [6.07, 6.45) is 1.11. The summed E-state index contributed by atoms with van der Waals surface area (Å²) < 4.78 is 32.6. The first-order valence-corrected chi connectivity index (χ1v) is 11.8. The fraction of sp³-hybridized carbons (Fsp3) is 0.321. The van der Waals surface area contributed by atoms with Crippen LogP contribution in [0.1, 0.15) is 34.9 Å². The molecular formula is C28H30F2N2O2. The van der Waals surface area contributed by atoms with Crippen molar-refractivity contribution in [1.29, 1.82) is 0 Å². The number of carbonyl (C=O) groups is 1. The maximum Gasteiger partial charge on any atom is 0.162 e. The van der Waals surface area contributed by atoms with Crippen molar-refractivity contribution < 1.29 is 18.3 Å². The van der Waals surface area contributed by atoms with Gasteiger partial charge >= 0.3 is 0 Å². The Hall–Kier alpha value is -3.09. The van der Waals surface area contributed by atoms with E-state index in [0.29, 0.717) is 17.7 Å². The number of hydrogen-bond donors (Lipinski definition) is 0. The third kappa shape index (κ3) is 6.95. The van der Waals surface area contributed by atoms with E-state index < -0.39 is 0 Å². The first-order chi connectivity index (χ1) is 16.6. The first kappa shape index (κ1) is 24.0. The molecule has 6 heteroatoms. The van der Waals surface area contributed by atoms with Crippen molar-refractivity contribution in [1.82, 2.24) is 9.80 Å². The molecule has 0 amide bonds. The highest BCUT2D eigenvalue weighted by Gasteiger charge is 2.22. The average molecular weight is 465 g/mol. The molecule has 0 N–H and O–H groups in total. The third-order valence-electron chi connectivity index (χ3n) is 6.20. The second-order valence-electron chi connectivity index (χ2n) is 8.65. The molecule has 0 bridgehead atoms. The number of halogens is 2. The molecular weight excluding hydrogens is 434 g/mol. The van der Waals surface area contributed by atoms with E-state index in [0.717, 1.165) is 51.3 Å². The third-order valence-corrected chi connectivity index (χ3v) is 6.20. The highest BCUT2D eigenvalue weighted by Crippen LogP contribution is 2.24. The van der Waals surface area contributed by atoms with Gasteiger partial charge in [0.2, 0.25) is 0 Å². The first-order valence-electron chi connectivity index (χ1n) is 11.8. The molecule has 1 aliphatic rings. The van der Waals surface area contributed by atoms with Crippen LogP contribution in [0.25, 0.3) is 0 Å². The molecule has 34 heavy (non-hydrogen) atoms. The SMILES string of the molecule is O=C(CCCN1CCN(CC(Oc2ccc(F)cc2)c2ccccc2)CC1)c1ccc(F)cc1. The van der Waals surface area contributed by atoms with E-state index in [1.54, 1.807) is 24.3 Å². The summed E-state index contributed by atoms with van der Waals surface area (Å²) in [4.78, 5) is 17.1. The van der Waals surface area contributed by atoms with Crippen LogP contribution in [0.3, 0.4) is 0 Å². The Morgan fingerprint density at radius 1 is 0.794 bits per heavy atom. The molecule has 1 saturated heterocycles. The molecule has 0 radical (unpaired) electrons. The molecule has 1 atom stereocenters. The molecule has 1 unspecified atom stereocenters. The van der Waals surface area contributed by atoms with E-state index in [1.165, 1.54) is 24.3 Å². The summed E-state index contributed by atoms with van der Waals surface area (Å²) in [6, 6.07) is 22.0. The van der Waals surface area contributed by atoms with Crippen LogP contribution < -0.4 is 4.74 Å². The molecule has 0 aliphatic carbocycles. The van der Waals surface area contributed by atoms with E-state index in [2.05, 4.69) is 21.9 Å². The summed E-state index contributed by atoms with van der Waals surface area (Å²) in [5.74, 6) is 0.105. The molecule has 178 valence electrons. The van der Waals surface area contributed by atoms with Gasteiger partial charge < -0.3 is 9.64 Å². The van der Waals surface area contributed by atoms with Crippen molar-refractivity contribution >= 4 is 5.78 Å². The zero-order chi connectivity index (χ0) is 23.8. The lowest BCUT2D eigenvalue weighted by Crippen LogP contribution is -2.48. The zero-order valence-corrected chi connectivity index (χ0v) is 19.2. The van der Waals surface area contributed by atoms with Gasteiger partial charge in [-0.2, -0.15) is 0 Å². The number of carbonyl (C=O) groups excluding carboxylic acids is 1. The fourth-order valence-corrected chi connectivity index (χ4v) is 4.23. The Labute approximate surface area is 199 Å². The number of piperazine rings is 1. The van der Waals surface area contributed by atoms with E-state index >= 15 is 0 Å². The molecule has 0 aromatic heterocycles. The van der Waals surface area contributed by atoms with Gasteiger partial charge in [0.25, 0.3) is 0 Å². The molecule has 4 rings (SSSR count). The highest BCUT2D eigenvalue weighted by atomic mass is 19.1. The number of rotatable bonds is 10. The lowest BCUT2D eigenvalue weighted by atomic mass is 10.1. The van der Waals surface area contributed by atoms with Gasteiger partial charge in [-0.3, -0.25) is 9.69 Å². The van der Waals surface area contributed by atoms with Crippen LogP contribution in [-0.4, -0.2) is 54.9 Å². The van der Waals surface area contributed by atoms with Gasteiger partial charge in [-0.05, 0) is 67.1 Å². The van der Waals surface area contributed by atoms with Crippen molar-refractivity contribution in [3.63, 3.8) is 0 Å². The number of ether oxygens (including phenoxy) is 1. The number of benzene rings is 3. The minimum Gasteiger partial charge on any atom is -0.484 e. The van der Waals surface area contributed by atoms with Crippen molar-refractivity contribution in [3.8, 4) is 5.75 Å². The van der Waals surface area contributed by atoms with Gasteiger partial charge in [-0.15, -0.1) is 0 Å². The van der Waals surface area contributed by atoms with E-state index in [9.17, 15) is 13.6 Å². The monoisotopic (exact) mass is 464 g/mol. The van der Waals surface area contributed by atoms with E-state index in [-0.39, 0.29) is 23.5 Å². The quantitative estimate of drug-likeness (QED) is 0.378. The van der Waals surface area contributed by atoms with Gasteiger partial charge in [-0.25, -0.2) is 8.78 Å². The number of Topliss-reactive ketones (excluding diaryl/α,β-unsaturated/α-hetero) is 1. The molecule has 4 nitrogen and oxygen atoms in total. The molecule has 1 heterocycles. The van der Waals surface area contributed by atoms with Crippen LogP contribution in [0.15, 0.2) is 78.9 Å². The van der Waals surface area contributed by atoms with Gasteiger partial charge in [0.15, 0.2) is 5.78 Å². The van der Waals surface area contributed by atoms with Crippen LogP contribution in [0.5, 0.6) is 5.75 Å². The van der Waals surface area contributed by atoms with E-state index in [1.807, 2.05) is 18.2 Å². The predicted molar refractivity (Wildman–Crippen MR) is 129 cm³/mol. The summed E-state index contributed by atoms with van der Waals surface area (Å²) in [5.41, 5.74) is 1.66. The standard InChI is InChI=1S/C28H30F2N2O2/c29-24-10-8-22(9-11-24)27(33)7-4-16-31-17-19-32(20-18-31)21-28(23-5-2-1-3-6-23)34-26-14-12-25(30)13-15-26/h1-3,5-6,8-15,28H,4,7,16-21H2. The van der Waals surface area contributed by atoms with Crippen LogP contribution >= 0.6 is 0 Å². The number of ketones is 1. The van der Waals surface area contributed by atoms with Crippen molar-refractivity contribution in [2.24, 2.45) is 0 Å². The minimum atomic E-state index is -0.327. The summed E-state index contributed by atoms with van der Waals surface area (Å²) >= 11 is 0.